The summed E-state index contributed by atoms with van der Waals surface area (Å²) in [5.41, 5.74) is 6.05. The summed E-state index contributed by atoms with van der Waals surface area (Å²) in [6.07, 6.45) is 4.12. The fourth-order valence-electron chi connectivity index (χ4n) is 3.73. The van der Waals surface area contributed by atoms with Crippen LogP contribution in [0.25, 0.3) is 22.6 Å². The van der Waals surface area contributed by atoms with Crippen LogP contribution in [0, 0.1) is 0 Å². The number of aromatic nitrogens is 6. The smallest absolute Gasteiger partial charge is 0.118 e. The normalized spacial score (nSPS) is 12.0. The minimum absolute atomic E-state index is 0.0274. The highest BCUT2D eigenvalue weighted by atomic mass is 127. The topological polar surface area (TPSA) is 92.4 Å². The lowest BCUT2D eigenvalue weighted by molar-refractivity contribution is 0.414. The first-order valence-electron chi connectivity index (χ1n) is 10.7. The Morgan fingerprint density at radius 1 is 1.06 bits per heavy atom. The molecule has 176 valence electrons. The molecule has 7 nitrogen and oxygen atoms in total. The van der Waals surface area contributed by atoms with Gasteiger partial charge in [-0.25, -0.2) is 4.98 Å². The van der Waals surface area contributed by atoms with Crippen LogP contribution in [0.2, 0.25) is 10.0 Å². The largest absolute Gasteiger partial charge is 0.497 e. The van der Waals surface area contributed by atoms with Crippen LogP contribution in [0.3, 0.4) is 0 Å². The fraction of sp³-hybridized carbons (Fsp3) is 0.120. The highest BCUT2D eigenvalue weighted by Gasteiger charge is 2.20. The lowest BCUT2D eigenvalue weighted by atomic mass is 10.0. The molecule has 1 atom stereocenters. The molecule has 5 aromatic rings. The molecule has 0 bridgehead atoms. The van der Waals surface area contributed by atoms with Crippen LogP contribution in [-0.4, -0.2) is 37.5 Å². The van der Waals surface area contributed by atoms with Crippen molar-refractivity contribution < 1.29 is 4.74 Å². The van der Waals surface area contributed by atoms with Crippen molar-refractivity contribution in [1.29, 1.82) is 0 Å². The number of aromatic amines is 2. The number of methoxy groups -OCH3 is 1. The van der Waals surface area contributed by atoms with Gasteiger partial charge in [0.1, 0.15) is 23.0 Å². The molecule has 0 saturated heterocycles. The van der Waals surface area contributed by atoms with E-state index in [-0.39, 0.29) is 3.92 Å². The van der Waals surface area contributed by atoms with Crippen LogP contribution in [0.4, 0.5) is 0 Å². The Balaban J connectivity index is 1.41. The second-order valence-electron chi connectivity index (χ2n) is 7.76. The molecular weight excluding hydrogens is 598 g/mol. The number of nitrogens with one attached hydrogen (secondary N) is 2. The lowest BCUT2D eigenvalue weighted by Crippen LogP contribution is -1.97. The number of rotatable bonds is 7. The SMILES string of the molecule is COc1ccc(C(I)c2[nH]nnc2-c2ccnc(-c3c[nH]c(Cc4cccc(Cl)c4Cl)n3)c2)cc1. The van der Waals surface area contributed by atoms with Gasteiger partial charge in [0.05, 0.1) is 32.5 Å². The van der Waals surface area contributed by atoms with E-state index in [1.165, 1.54) is 0 Å². The van der Waals surface area contributed by atoms with E-state index in [0.29, 0.717) is 16.5 Å². The van der Waals surface area contributed by atoms with Gasteiger partial charge >= 0.3 is 0 Å². The van der Waals surface area contributed by atoms with Gasteiger partial charge in [0.25, 0.3) is 0 Å². The van der Waals surface area contributed by atoms with Crippen molar-refractivity contribution in [1.82, 2.24) is 30.4 Å². The van der Waals surface area contributed by atoms with E-state index >= 15 is 0 Å². The Labute approximate surface area is 225 Å². The van der Waals surface area contributed by atoms with Crippen molar-refractivity contribution in [2.24, 2.45) is 0 Å². The molecule has 5 rings (SSSR count). The number of ether oxygens (including phenoxy) is 1. The second-order valence-corrected chi connectivity index (χ2v) is 9.79. The number of hydrogen-bond acceptors (Lipinski definition) is 5. The minimum Gasteiger partial charge on any atom is -0.497 e. The van der Waals surface area contributed by atoms with Crippen molar-refractivity contribution in [3.63, 3.8) is 0 Å². The molecule has 1 unspecified atom stereocenters. The van der Waals surface area contributed by atoms with E-state index in [4.69, 9.17) is 32.9 Å². The van der Waals surface area contributed by atoms with Crippen LogP contribution < -0.4 is 4.74 Å². The number of hydrogen-bond donors (Lipinski definition) is 2. The number of imidazole rings is 1. The van der Waals surface area contributed by atoms with Crippen LogP contribution in [0.15, 0.2) is 67.0 Å². The summed E-state index contributed by atoms with van der Waals surface area (Å²) in [5, 5.41) is 12.6. The Morgan fingerprint density at radius 2 is 1.89 bits per heavy atom. The number of benzene rings is 2. The number of pyridine rings is 1. The number of nitrogens with zero attached hydrogens (tertiary/aromatic N) is 4. The fourth-order valence-corrected chi connectivity index (χ4v) is 4.97. The summed E-state index contributed by atoms with van der Waals surface area (Å²) >= 11 is 14.9. The van der Waals surface area contributed by atoms with Gasteiger partial charge in [-0.3, -0.25) is 10.1 Å². The highest BCUT2D eigenvalue weighted by molar-refractivity contribution is 14.1. The molecule has 2 N–H and O–H groups in total. The molecule has 35 heavy (non-hydrogen) atoms. The summed E-state index contributed by atoms with van der Waals surface area (Å²) < 4.78 is 5.30. The van der Waals surface area contributed by atoms with Gasteiger partial charge in [-0.05, 0) is 41.5 Å². The van der Waals surface area contributed by atoms with Crippen molar-refractivity contribution in [2.45, 2.75) is 10.3 Å². The highest BCUT2D eigenvalue weighted by Crippen LogP contribution is 2.36. The first-order valence-corrected chi connectivity index (χ1v) is 12.7. The average Bonchev–Trinajstić information content (AvgIpc) is 3.57. The molecule has 0 spiro atoms. The zero-order valence-electron chi connectivity index (χ0n) is 18.5. The third-order valence-corrected chi connectivity index (χ3v) is 7.75. The molecule has 0 amide bonds. The van der Waals surface area contributed by atoms with E-state index < -0.39 is 0 Å². The van der Waals surface area contributed by atoms with Crippen molar-refractivity contribution >= 4 is 45.8 Å². The molecule has 0 fully saturated rings. The van der Waals surface area contributed by atoms with Crippen LogP contribution in [0.1, 0.15) is 26.6 Å². The van der Waals surface area contributed by atoms with Crippen molar-refractivity contribution in [3.05, 3.63) is 99.7 Å². The van der Waals surface area contributed by atoms with E-state index in [1.807, 2.05) is 54.7 Å². The first-order chi connectivity index (χ1) is 17.0. The molecule has 0 aliphatic heterocycles. The van der Waals surface area contributed by atoms with Gasteiger partial charge in [-0.2, -0.15) is 0 Å². The molecule has 0 saturated carbocycles. The Morgan fingerprint density at radius 3 is 2.69 bits per heavy atom. The molecule has 10 heteroatoms. The Bertz CT molecular complexity index is 1470. The predicted octanol–water partition coefficient (Wildman–Crippen LogP) is 6.69. The summed E-state index contributed by atoms with van der Waals surface area (Å²) in [7, 11) is 1.66. The van der Waals surface area contributed by atoms with Gasteiger partial charge in [-0.1, -0.05) is 75.3 Å². The van der Waals surface area contributed by atoms with Gasteiger partial charge in [0.15, 0.2) is 0 Å². The van der Waals surface area contributed by atoms with Crippen LogP contribution in [-0.2, 0) is 6.42 Å². The van der Waals surface area contributed by atoms with E-state index in [1.54, 1.807) is 19.4 Å². The Hall–Kier alpha value is -2.95. The van der Waals surface area contributed by atoms with E-state index in [2.05, 4.69) is 48.0 Å². The third kappa shape index (κ3) is 5.05. The van der Waals surface area contributed by atoms with Crippen molar-refractivity contribution in [3.8, 4) is 28.4 Å². The summed E-state index contributed by atoms with van der Waals surface area (Å²) in [6.45, 7) is 0. The monoisotopic (exact) mass is 616 g/mol. The van der Waals surface area contributed by atoms with Gasteiger partial charge < -0.3 is 9.72 Å². The first kappa shape index (κ1) is 23.8. The maximum Gasteiger partial charge on any atom is 0.118 e. The summed E-state index contributed by atoms with van der Waals surface area (Å²) in [4.78, 5) is 12.4. The lowest BCUT2D eigenvalue weighted by Gasteiger charge is -2.11. The minimum atomic E-state index is 0.0274. The molecular formula is C25H19Cl2IN6O. The molecule has 0 radical (unpaired) electrons. The number of H-pyrrole nitrogens is 2. The molecule has 3 heterocycles. The summed E-state index contributed by atoms with van der Waals surface area (Å²) in [5.74, 6) is 1.58. The maximum absolute atomic E-state index is 6.34. The van der Waals surface area contributed by atoms with Gasteiger partial charge in [0.2, 0.25) is 0 Å². The maximum atomic E-state index is 6.34. The van der Waals surface area contributed by atoms with Gasteiger partial charge in [0, 0.05) is 24.4 Å². The number of alkyl halides is 1. The quantitative estimate of drug-likeness (QED) is 0.157. The molecule has 3 aromatic heterocycles. The standard InChI is InChI=1S/C25H19Cl2IN6O/c1-35-17-7-5-14(6-8-17)23(28)25-24(32-34-33-25)16-9-10-29-19(11-16)20-13-30-21(31-20)12-15-3-2-4-18(26)22(15)27/h2-11,13,23H,12H2,1H3,(H,30,31)(H,32,33,34). The van der Waals surface area contributed by atoms with Crippen LogP contribution in [0.5, 0.6) is 5.75 Å². The van der Waals surface area contributed by atoms with E-state index in [0.717, 1.165) is 51.0 Å². The summed E-state index contributed by atoms with van der Waals surface area (Å²) in [6, 6.07) is 17.4. The molecule has 2 aromatic carbocycles. The molecule has 0 aliphatic carbocycles. The zero-order valence-corrected chi connectivity index (χ0v) is 22.1. The average molecular weight is 617 g/mol. The van der Waals surface area contributed by atoms with Crippen molar-refractivity contribution in [2.75, 3.05) is 7.11 Å². The number of halogens is 3. The third-order valence-electron chi connectivity index (χ3n) is 5.55. The van der Waals surface area contributed by atoms with Crippen LogP contribution >= 0.6 is 45.8 Å². The molecule has 0 aliphatic rings. The van der Waals surface area contributed by atoms with E-state index in [9.17, 15) is 0 Å². The Kier molecular flexibility index (Phi) is 7.03. The second kappa shape index (κ2) is 10.3. The predicted molar refractivity (Wildman–Crippen MR) is 145 cm³/mol. The zero-order chi connectivity index (χ0) is 24.4. The van der Waals surface area contributed by atoms with Gasteiger partial charge in [-0.15, -0.1) is 5.10 Å².